The first kappa shape index (κ1) is 21.6. The smallest absolute Gasteiger partial charge is 0.263 e. The summed E-state index contributed by atoms with van der Waals surface area (Å²) < 4.78 is 32.1. The summed E-state index contributed by atoms with van der Waals surface area (Å²) >= 11 is 1.36. The number of thiazole rings is 1. The molecule has 2 aromatic carbocycles. The van der Waals surface area contributed by atoms with Crippen LogP contribution in [0.15, 0.2) is 59.5 Å². The van der Waals surface area contributed by atoms with Crippen molar-refractivity contribution < 1.29 is 17.9 Å². The molecule has 1 fully saturated rings. The van der Waals surface area contributed by atoms with Crippen molar-refractivity contribution in [2.75, 3.05) is 26.3 Å². The summed E-state index contributed by atoms with van der Waals surface area (Å²) in [6, 6.07) is 16.2. The van der Waals surface area contributed by atoms with Gasteiger partial charge in [-0.15, -0.1) is 11.3 Å². The lowest BCUT2D eigenvalue weighted by atomic mass is 10.1. The molecule has 4 rings (SSSR count). The first-order valence-corrected chi connectivity index (χ1v) is 12.2. The summed E-state index contributed by atoms with van der Waals surface area (Å²) in [5, 5.41) is 3.74. The van der Waals surface area contributed by atoms with Gasteiger partial charge in [0.1, 0.15) is 4.88 Å². The van der Waals surface area contributed by atoms with Crippen LogP contribution >= 0.6 is 11.3 Å². The third-order valence-electron chi connectivity index (χ3n) is 4.97. The minimum absolute atomic E-state index is 0.200. The number of ether oxygens (including phenoxy) is 1. The average molecular weight is 458 g/mol. The Morgan fingerprint density at radius 3 is 2.45 bits per heavy atom. The van der Waals surface area contributed by atoms with E-state index in [1.807, 2.05) is 37.3 Å². The molecule has 1 saturated heterocycles. The number of morpholine rings is 1. The van der Waals surface area contributed by atoms with Crippen LogP contribution in [0.25, 0.3) is 11.3 Å². The first-order chi connectivity index (χ1) is 14.9. The highest BCUT2D eigenvalue weighted by Gasteiger charge is 2.26. The normalized spacial score (nSPS) is 15.0. The number of amides is 1. The van der Waals surface area contributed by atoms with Crippen molar-refractivity contribution in [2.24, 2.45) is 0 Å². The van der Waals surface area contributed by atoms with E-state index in [-0.39, 0.29) is 10.8 Å². The van der Waals surface area contributed by atoms with E-state index >= 15 is 0 Å². The second-order valence-electron chi connectivity index (χ2n) is 7.12. The molecule has 2 heterocycles. The van der Waals surface area contributed by atoms with Crippen LogP contribution in [0.4, 0.5) is 0 Å². The van der Waals surface area contributed by atoms with Gasteiger partial charge in [-0.05, 0) is 24.6 Å². The maximum Gasteiger partial charge on any atom is 0.263 e. The Balaban J connectivity index is 1.44. The van der Waals surface area contributed by atoms with Gasteiger partial charge in [-0.3, -0.25) is 4.79 Å². The Morgan fingerprint density at radius 2 is 1.77 bits per heavy atom. The molecular weight excluding hydrogens is 434 g/mol. The van der Waals surface area contributed by atoms with Gasteiger partial charge in [-0.25, -0.2) is 13.4 Å². The van der Waals surface area contributed by atoms with Crippen molar-refractivity contribution in [1.82, 2.24) is 14.6 Å². The maximum absolute atomic E-state index is 12.8. The number of carbonyl (C=O) groups excluding carboxylic acids is 1. The van der Waals surface area contributed by atoms with Crippen molar-refractivity contribution in [1.29, 1.82) is 0 Å². The van der Waals surface area contributed by atoms with Gasteiger partial charge in [0.2, 0.25) is 10.0 Å². The molecule has 1 aliphatic heterocycles. The number of aromatic nitrogens is 1. The Bertz CT molecular complexity index is 1150. The monoisotopic (exact) mass is 457 g/mol. The summed E-state index contributed by atoms with van der Waals surface area (Å²) in [4.78, 5) is 18.1. The molecule has 0 saturated carbocycles. The molecule has 0 aliphatic carbocycles. The molecule has 7 nitrogen and oxygen atoms in total. The van der Waals surface area contributed by atoms with Crippen LogP contribution in [0.3, 0.4) is 0 Å². The van der Waals surface area contributed by atoms with Crippen LogP contribution in [0.1, 0.15) is 20.2 Å². The van der Waals surface area contributed by atoms with Gasteiger partial charge >= 0.3 is 0 Å². The standard InChI is InChI=1S/C22H23N3O4S2/c1-16-24-20(18-5-3-2-4-6-18)21(30-16)22(26)23-15-17-7-9-19(10-8-17)31(27,28)25-11-13-29-14-12-25/h2-10H,11-15H2,1H3,(H,23,26). The summed E-state index contributed by atoms with van der Waals surface area (Å²) in [5.74, 6) is -0.200. The van der Waals surface area contributed by atoms with Crippen molar-refractivity contribution in [2.45, 2.75) is 18.4 Å². The molecule has 0 radical (unpaired) electrons. The fourth-order valence-corrected chi connectivity index (χ4v) is 5.62. The van der Waals surface area contributed by atoms with Crippen molar-refractivity contribution in [3.8, 4) is 11.3 Å². The van der Waals surface area contributed by atoms with Gasteiger partial charge in [0.15, 0.2) is 0 Å². The van der Waals surface area contributed by atoms with Gasteiger partial charge in [0, 0.05) is 25.2 Å². The minimum atomic E-state index is -3.53. The highest BCUT2D eigenvalue weighted by molar-refractivity contribution is 7.89. The largest absolute Gasteiger partial charge is 0.379 e. The number of nitrogens with zero attached hydrogens (tertiary/aromatic N) is 2. The second kappa shape index (κ2) is 9.27. The van der Waals surface area contributed by atoms with Crippen LogP contribution < -0.4 is 5.32 Å². The molecule has 1 aromatic heterocycles. The molecular formula is C22H23N3O4S2. The number of sulfonamides is 1. The van der Waals surface area contributed by atoms with Gasteiger partial charge in [-0.1, -0.05) is 42.5 Å². The zero-order valence-electron chi connectivity index (χ0n) is 17.1. The Hall–Kier alpha value is -2.59. The molecule has 0 unspecified atom stereocenters. The van der Waals surface area contributed by atoms with E-state index in [0.717, 1.165) is 16.1 Å². The third kappa shape index (κ3) is 4.85. The number of carbonyl (C=O) groups is 1. The quantitative estimate of drug-likeness (QED) is 0.615. The molecule has 31 heavy (non-hydrogen) atoms. The van der Waals surface area contributed by atoms with Crippen LogP contribution in [-0.2, 0) is 21.3 Å². The SMILES string of the molecule is Cc1nc(-c2ccccc2)c(C(=O)NCc2ccc(S(=O)(=O)N3CCOCC3)cc2)s1. The lowest BCUT2D eigenvalue weighted by Gasteiger charge is -2.26. The van der Waals surface area contributed by atoms with E-state index in [2.05, 4.69) is 10.3 Å². The van der Waals surface area contributed by atoms with Gasteiger partial charge in [-0.2, -0.15) is 4.31 Å². The molecule has 1 amide bonds. The lowest BCUT2D eigenvalue weighted by molar-refractivity contribution is 0.0730. The minimum Gasteiger partial charge on any atom is -0.379 e. The number of rotatable bonds is 6. The molecule has 0 spiro atoms. The summed E-state index contributed by atoms with van der Waals surface area (Å²) in [5.41, 5.74) is 2.39. The summed E-state index contributed by atoms with van der Waals surface area (Å²) in [7, 11) is -3.53. The van der Waals surface area contributed by atoms with E-state index in [0.29, 0.717) is 43.4 Å². The van der Waals surface area contributed by atoms with E-state index in [1.165, 1.54) is 15.6 Å². The van der Waals surface area contributed by atoms with Crippen molar-refractivity contribution >= 4 is 27.3 Å². The molecule has 0 atom stereocenters. The van der Waals surface area contributed by atoms with Gasteiger partial charge in [0.05, 0.1) is 28.8 Å². The van der Waals surface area contributed by atoms with Crippen LogP contribution in [0.2, 0.25) is 0 Å². The van der Waals surface area contributed by atoms with E-state index in [9.17, 15) is 13.2 Å². The topological polar surface area (TPSA) is 88.6 Å². The van der Waals surface area contributed by atoms with Crippen LogP contribution in [0, 0.1) is 6.92 Å². The Labute approximate surface area is 185 Å². The van der Waals surface area contributed by atoms with E-state index in [4.69, 9.17) is 4.74 Å². The molecule has 162 valence electrons. The lowest BCUT2D eigenvalue weighted by Crippen LogP contribution is -2.40. The van der Waals surface area contributed by atoms with Gasteiger partial charge in [0.25, 0.3) is 5.91 Å². The van der Waals surface area contributed by atoms with Crippen molar-refractivity contribution in [3.05, 3.63) is 70.0 Å². The number of hydrogen-bond donors (Lipinski definition) is 1. The Kier molecular flexibility index (Phi) is 6.47. The summed E-state index contributed by atoms with van der Waals surface area (Å²) in [6.45, 7) is 3.70. The van der Waals surface area contributed by atoms with Crippen molar-refractivity contribution in [3.63, 3.8) is 0 Å². The zero-order chi connectivity index (χ0) is 21.8. The molecule has 1 N–H and O–H groups in total. The van der Waals surface area contributed by atoms with Crippen LogP contribution in [0.5, 0.6) is 0 Å². The Morgan fingerprint density at radius 1 is 1.10 bits per heavy atom. The second-order valence-corrected chi connectivity index (χ2v) is 10.3. The summed E-state index contributed by atoms with van der Waals surface area (Å²) in [6.07, 6.45) is 0. The number of nitrogens with one attached hydrogen (secondary N) is 1. The number of hydrogen-bond acceptors (Lipinski definition) is 6. The number of benzene rings is 2. The van der Waals surface area contributed by atoms with E-state index < -0.39 is 10.0 Å². The third-order valence-corrected chi connectivity index (χ3v) is 7.85. The predicted molar refractivity (Wildman–Crippen MR) is 119 cm³/mol. The molecule has 3 aromatic rings. The zero-order valence-corrected chi connectivity index (χ0v) is 18.7. The fourth-order valence-electron chi connectivity index (χ4n) is 3.35. The molecule has 0 bridgehead atoms. The van der Waals surface area contributed by atoms with Gasteiger partial charge < -0.3 is 10.1 Å². The highest BCUT2D eigenvalue weighted by atomic mass is 32.2. The highest BCUT2D eigenvalue weighted by Crippen LogP contribution is 2.28. The fraction of sp³-hybridized carbons (Fsp3) is 0.273. The maximum atomic E-state index is 12.8. The van der Waals surface area contributed by atoms with E-state index in [1.54, 1.807) is 24.3 Å². The molecule has 1 aliphatic rings. The average Bonchev–Trinajstić information content (AvgIpc) is 3.21. The first-order valence-electron chi connectivity index (χ1n) is 9.93. The van der Waals surface area contributed by atoms with Crippen LogP contribution in [-0.4, -0.2) is 49.9 Å². The number of aryl methyl sites for hydroxylation is 1. The molecule has 9 heteroatoms. The predicted octanol–water partition coefficient (Wildman–Crippen LogP) is 3.07.